The quantitative estimate of drug-likeness (QED) is 0.810. The first kappa shape index (κ1) is 11.5. The second-order valence-electron chi connectivity index (χ2n) is 4.14. The zero-order valence-electron chi connectivity index (χ0n) is 10.0. The molecule has 0 N–H and O–H groups in total. The molecule has 88 valence electrons. The van der Waals surface area contributed by atoms with Crippen LogP contribution in [-0.2, 0) is 11.2 Å². The summed E-state index contributed by atoms with van der Waals surface area (Å²) < 4.78 is 5.30. The summed E-state index contributed by atoms with van der Waals surface area (Å²) in [4.78, 5) is 13.1. The minimum atomic E-state index is 0.107. The van der Waals surface area contributed by atoms with E-state index in [0.29, 0.717) is 6.42 Å². The molecule has 17 heavy (non-hydrogen) atoms. The molecular weight excluding hydrogens is 214 g/mol. The molecule has 2 aromatic rings. The molecule has 0 bridgehead atoms. The van der Waals surface area contributed by atoms with Crippen LogP contribution in [0.15, 0.2) is 47.1 Å². The van der Waals surface area contributed by atoms with Gasteiger partial charge in [0.1, 0.15) is 5.76 Å². The SMILES string of the molecule is CN(C)C(=O)Cc1ccc(-c2ccco2)cc1. The molecule has 0 fully saturated rings. The van der Waals surface area contributed by atoms with Crippen LogP contribution in [0.5, 0.6) is 0 Å². The Morgan fingerprint density at radius 3 is 2.41 bits per heavy atom. The van der Waals surface area contributed by atoms with Crippen LogP contribution in [0.4, 0.5) is 0 Å². The van der Waals surface area contributed by atoms with E-state index < -0.39 is 0 Å². The van der Waals surface area contributed by atoms with Gasteiger partial charge in [-0.2, -0.15) is 0 Å². The topological polar surface area (TPSA) is 33.5 Å². The minimum Gasteiger partial charge on any atom is -0.464 e. The van der Waals surface area contributed by atoms with Crippen molar-refractivity contribution >= 4 is 5.91 Å². The number of likely N-dealkylation sites (N-methyl/N-ethyl adjacent to an activating group) is 1. The lowest BCUT2D eigenvalue weighted by atomic mass is 10.1. The molecule has 0 aliphatic rings. The summed E-state index contributed by atoms with van der Waals surface area (Å²) in [6, 6.07) is 11.6. The largest absolute Gasteiger partial charge is 0.464 e. The van der Waals surface area contributed by atoms with E-state index >= 15 is 0 Å². The van der Waals surface area contributed by atoms with Crippen LogP contribution in [0.3, 0.4) is 0 Å². The molecule has 0 unspecified atom stereocenters. The molecule has 1 amide bonds. The standard InChI is InChI=1S/C14H15NO2/c1-15(2)14(16)10-11-5-7-12(8-6-11)13-4-3-9-17-13/h3-9H,10H2,1-2H3. The van der Waals surface area contributed by atoms with E-state index in [4.69, 9.17) is 4.42 Å². The van der Waals surface area contributed by atoms with Gasteiger partial charge in [-0.05, 0) is 17.7 Å². The number of carbonyl (C=O) groups is 1. The first-order valence-electron chi connectivity index (χ1n) is 5.50. The summed E-state index contributed by atoms with van der Waals surface area (Å²) in [6.07, 6.45) is 2.09. The van der Waals surface area contributed by atoms with Gasteiger partial charge >= 0.3 is 0 Å². The van der Waals surface area contributed by atoms with Crippen molar-refractivity contribution in [2.45, 2.75) is 6.42 Å². The van der Waals surface area contributed by atoms with Gasteiger partial charge in [0.15, 0.2) is 0 Å². The lowest BCUT2D eigenvalue weighted by Gasteiger charge is -2.10. The van der Waals surface area contributed by atoms with Crippen molar-refractivity contribution < 1.29 is 9.21 Å². The highest BCUT2D eigenvalue weighted by atomic mass is 16.3. The van der Waals surface area contributed by atoms with E-state index in [1.54, 1.807) is 25.3 Å². The minimum absolute atomic E-state index is 0.107. The average molecular weight is 229 g/mol. The van der Waals surface area contributed by atoms with Crippen LogP contribution >= 0.6 is 0 Å². The van der Waals surface area contributed by atoms with E-state index in [1.807, 2.05) is 36.4 Å². The van der Waals surface area contributed by atoms with Crippen LogP contribution < -0.4 is 0 Å². The van der Waals surface area contributed by atoms with E-state index in [2.05, 4.69) is 0 Å². The van der Waals surface area contributed by atoms with Gasteiger partial charge in [0.05, 0.1) is 12.7 Å². The van der Waals surface area contributed by atoms with Crippen molar-refractivity contribution in [2.75, 3.05) is 14.1 Å². The third-order valence-corrected chi connectivity index (χ3v) is 2.61. The monoisotopic (exact) mass is 229 g/mol. The Hall–Kier alpha value is -2.03. The molecule has 0 radical (unpaired) electrons. The number of hydrogen-bond acceptors (Lipinski definition) is 2. The summed E-state index contributed by atoms with van der Waals surface area (Å²) in [5.41, 5.74) is 2.04. The molecule has 0 spiro atoms. The van der Waals surface area contributed by atoms with Crippen molar-refractivity contribution in [3.8, 4) is 11.3 Å². The lowest BCUT2D eigenvalue weighted by molar-refractivity contribution is -0.127. The summed E-state index contributed by atoms with van der Waals surface area (Å²) in [5.74, 6) is 0.950. The van der Waals surface area contributed by atoms with Gasteiger partial charge in [-0.25, -0.2) is 0 Å². The molecule has 2 rings (SSSR count). The van der Waals surface area contributed by atoms with Crippen LogP contribution in [-0.4, -0.2) is 24.9 Å². The molecule has 0 atom stereocenters. The fraction of sp³-hybridized carbons (Fsp3) is 0.214. The number of furan rings is 1. The third-order valence-electron chi connectivity index (χ3n) is 2.61. The van der Waals surface area contributed by atoms with Gasteiger partial charge in [-0.15, -0.1) is 0 Å². The number of rotatable bonds is 3. The average Bonchev–Trinajstić information content (AvgIpc) is 2.83. The second-order valence-corrected chi connectivity index (χ2v) is 4.14. The van der Waals surface area contributed by atoms with Crippen LogP contribution in [0.1, 0.15) is 5.56 Å². The van der Waals surface area contributed by atoms with Gasteiger partial charge in [-0.1, -0.05) is 24.3 Å². The maximum Gasteiger partial charge on any atom is 0.226 e. The normalized spacial score (nSPS) is 10.2. The van der Waals surface area contributed by atoms with Crippen LogP contribution in [0, 0.1) is 0 Å². The van der Waals surface area contributed by atoms with E-state index in [1.165, 1.54) is 0 Å². The molecule has 1 heterocycles. The van der Waals surface area contributed by atoms with Gasteiger partial charge in [0.25, 0.3) is 0 Å². The molecule has 0 aliphatic carbocycles. The highest BCUT2D eigenvalue weighted by molar-refractivity contribution is 5.78. The first-order chi connectivity index (χ1) is 8.16. The Morgan fingerprint density at radius 1 is 1.18 bits per heavy atom. The van der Waals surface area contributed by atoms with Crippen molar-refractivity contribution in [3.05, 3.63) is 48.2 Å². The number of carbonyl (C=O) groups excluding carboxylic acids is 1. The Kier molecular flexibility index (Phi) is 3.28. The summed E-state index contributed by atoms with van der Waals surface area (Å²) in [6.45, 7) is 0. The Bertz CT molecular complexity index is 483. The maximum atomic E-state index is 11.5. The van der Waals surface area contributed by atoms with Gasteiger partial charge in [0, 0.05) is 19.7 Å². The van der Waals surface area contributed by atoms with Crippen molar-refractivity contribution in [2.24, 2.45) is 0 Å². The first-order valence-corrected chi connectivity index (χ1v) is 5.50. The number of amides is 1. The Morgan fingerprint density at radius 2 is 1.88 bits per heavy atom. The molecule has 3 heteroatoms. The molecule has 1 aromatic carbocycles. The predicted molar refractivity (Wildman–Crippen MR) is 66.5 cm³/mol. The predicted octanol–water partition coefficient (Wildman–Crippen LogP) is 2.58. The highest BCUT2D eigenvalue weighted by Crippen LogP contribution is 2.20. The fourth-order valence-corrected chi connectivity index (χ4v) is 1.56. The summed E-state index contributed by atoms with van der Waals surface area (Å²) in [7, 11) is 3.53. The molecule has 0 saturated carbocycles. The third kappa shape index (κ3) is 2.75. The summed E-state index contributed by atoms with van der Waals surface area (Å²) >= 11 is 0. The molecule has 1 aromatic heterocycles. The lowest BCUT2D eigenvalue weighted by Crippen LogP contribution is -2.23. The second kappa shape index (κ2) is 4.87. The number of hydrogen-bond donors (Lipinski definition) is 0. The van der Waals surface area contributed by atoms with Gasteiger partial charge in [0.2, 0.25) is 5.91 Å². The maximum absolute atomic E-state index is 11.5. The molecule has 0 saturated heterocycles. The van der Waals surface area contributed by atoms with Gasteiger partial charge < -0.3 is 9.32 Å². The van der Waals surface area contributed by atoms with E-state index in [0.717, 1.165) is 16.9 Å². The van der Waals surface area contributed by atoms with E-state index in [-0.39, 0.29) is 5.91 Å². The number of nitrogens with zero attached hydrogens (tertiary/aromatic N) is 1. The summed E-state index contributed by atoms with van der Waals surface area (Å²) in [5, 5.41) is 0. The molecular formula is C14H15NO2. The Balaban J connectivity index is 2.11. The van der Waals surface area contributed by atoms with Crippen LogP contribution in [0.25, 0.3) is 11.3 Å². The highest BCUT2D eigenvalue weighted by Gasteiger charge is 2.06. The zero-order chi connectivity index (χ0) is 12.3. The molecule has 3 nitrogen and oxygen atoms in total. The van der Waals surface area contributed by atoms with Crippen molar-refractivity contribution in [1.82, 2.24) is 4.90 Å². The van der Waals surface area contributed by atoms with Crippen molar-refractivity contribution in [3.63, 3.8) is 0 Å². The molecule has 0 aliphatic heterocycles. The Labute approximate surface area is 101 Å². The van der Waals surface area contributed by atoms with Crippen LogP contribution in [0.2, 0.25) is 0 Å². The van der Waals surface area contributed by atoms with E-state index in [9.17, 15) is 4.79 Å². The fourth-order valence-electron chi connectivity index (χ4n) is 1.56. The number of benzene rings is 1. The van der Waals surface area contributed by atoms with Crippen molar-refractivity contribution in [1.29, 1.82) is 0 Å². The smallest absolute Gasteiger partial charge is 0.226 e. The zero-order valence-corrected chi connectivity index (χ0v) is 10.0. The van der Waals surface area contributed by atoms with Gasteiger partial charge in [-0.3, -0.25) is 4.79 Å².